The Morgan fingerprint density at radius 1 is 1.06 bits per heavy atom. The standard InChI is InChI=1S/C22H24BrN5O2S/c1-4-28-18(12-24-21(30)16-10-5-6-11-17(16)23)26-27-22(28)31-13-19(29)25-20-14(2)8-7-9-15(20)3/h5-11H,4,12-13H2,1-3H3,(H,24,30)(H,25,29). The van der Waals surface area contributed by atoms with Crippen molar-refractivity contribution in [3.8, 4) is 0 Å². The zero-order valence-electron chi connectivity index (χ0n) is 17.6. The van der Waals surface area contributed by atoms with Gasteiger partial charge in [-0.1, -0.05) is 42.1 Å². The Hall–Kier alpha value is -2.65. The molecule has 0 fully saturated rings. The molecule has 2 amide bonds. The SMILES string of the molecule is CCn1c(CNC(=O)c2ccccc2Br)nnc1SCC(=O)Nc1c(C)cccc1C. The van der Waals surface area contributed by atoms with Gasteiger partial charge in [0.15, 0.2) is 11.0 Å². The van der Waals surface area contributed by atoms with Gasteiger partial charge in [0.2, 0.25) is 5.91 Å². The maximum atomic E-state index is 12.4. The number of anilines is 1. The molecule has 7 nitrogen and oxygen atoms in total. The lowest BCUT2D eigenvalue weighted by molar-refractivity contribution is -0.113. The molecule has 3 rings (SSSR count). The summed E-state index contributed by atoms with van der Waals surface area (Å²) in [6.45, 7) is 6.80. The van der Waals surface area contributed by atoms with Crippen LogP contribution in [0.3, 0.4) is 0 Å². The van der Waals surface area contributed by atoms with E-state index in [1.807, 2.05) is 61.7 Å². The van der Waals surface area contributed by atoms with Gasteiger partial charge in [0.25, 0.3) is 5.91 Å². The van der Waals surface area contributed by atoms with Crippen LogP contribution >= 0.6 is 27.7 Å². The number of thioether (sulfide) groups is 1. The summed E-state index contributed by atoms with van der Waals surface area (Å²) in [6, 6.07) is 13.1. The first kappa shape index (κ1) is 23.0. The number of aromatic nitrogens is 3. The molecule has 3 aromatic rings. The summed E-state index contributed by atoms with van der Waals surface area (Å²) in [5, 5.41) is 14.9. The average Bonchev–Trinajstić information content (AvgIpc) is 3.15. The van der Waals surface area contributed by atoms with Gasteiger partial charge in [-0.05, 0) is 60.0 Å². The van der Waals surface area contributed by atoms with Gasteiger partial charge < -0.3 is 15.2 Å². The Labute approximate surface area is 194 Å². The summed E-state index contributed by atoms with van der Waals surface area (Å²) in [7, 11) is 0. The molecule has 0 aliphatic heterocycles. The minimum absolute atomic E-state index is 0.100. The van der Waals surface area contributed by atoms with Gasteiger partial charge in [0.05, 0.1) is 17.9 Å². The third kappa shape index (κ3) is 5.74. The van der Waals surface area contributed by atoms with Crippen LogP contribution in [0.25, 0.3) is 0 Å². The Balaban J connectivity index is 1.60. The van der Waals surface area contributed by atoms with Crippen LogP contribution < -0.4 is 10.6 Å². The normalized spacial score (nSPS) is 10.7. The fraction of sp³-hybridized carbons (Fsp3) is 0.273. The number of para-hydroxylation sites is 1. The number of benzene rings is 2. The summed E-state index contributed by atoms with van der Waals surface area (Å²) in [5.74, 6) is 0.563. The number of halogens is 1. The molecule has 0 spiro atoms. The van der Waals surface area contributed by atoms with E-state index in [0.717, 1.165) is 21.3 Å². The van der Waals surface area contributed by atoms with Gasteiger partial charge in [-0.15, -0.1) is 10.2 Å². The molecule has 0 saturated heterocycles. The van der Waals surface area contributed by atoms with Gasteiger partial charge >= 0.3 is 0 Å². The Kier molecular flexibility index (Phi) is 7.86. The highest BCUT2D eigenvalue weighted by atomic mass is 79.9. The van der Waals surface area contributed by atoms with Crippen molar-refractivity contribution in [2.75, 3.05) is 11.1 Å². The van der Waals surface area contributed by atoms with Crippen molar-refractivity contribution < 1.29 is 9.59 Å². The monoisotopic (exact) mass is 501 g/mol. The van der Waals surface area contributed by atoms with Gasteiger partial charge in [0, 0.05) is 16.7 Å². The second-order valence-electron chi connectivity index (χ2n) is 6.91. The lowest BCUT2D eigenvalue weighted by Crippen LogP contribution is -2.25. The van der Waals surface area contributed by atoms with E-state index in [1.54, 1.807) is 6.07 Å². The van der Waals surface area contributed by atoms with Gasteiger partial charge in [-0.3, -0.25) is 9.59 Å². The highest BCUT2D eigenvalue weighted by Gasteiger charge is 2.16. The molecule has 2 aromatic carbocycles. The maximum Gasteiger partial charge on any atom is 0.252 e. The maximum absolute atomic E-state index is 12.4. The molecule has 0 atom stereocenters. The molecule has 0 aliphatic rings. The Bertz CT molecular complexity index is 1080. The third-order valence-electron chi connectivity index (χ3n) is 4.71. The second kappa shape index (κ2) is 10.6. The number of carbonyl (C=O) groups is 2. The summed E-state index contributed by atoms with van der Waals surface area (Å²) in [5.41, 5.74) is 3.46. The molecule has 0 unspecified atom stereocenters. The largest absolute Gasteiger partial charge is 0.345 e. The molecule has 31 heavy (non-hydrogen) atoms. The molecule has 0 aliphatic carbocycles. The fourth-order valence-corrected chi connectivity index (χ4v) is 4.38. The van der Waals surface area contributed by atoms with Crippen molar-refractivity contribution in [3.05, 3.63) is 69.5 Å². The quantitative estimate of drug-likeness (QED) is 0.448. The van der Waals surface area contributed by atoms with E-state index in [-0.39, 0.29) is 24.1 Å². The zero-order chi connectivity index (χ0) is 22.4. The summed E-state index contributed by atoms with van der Waals surface area (Å²) in [6.07, 6.45) is 0. The van der Waals surface area contributed by atoms with Crippen LogP contribution in [-0.2, 0) is 17.9 Å². The molecule has 162 valence electrons. The van der Waals surface area contributed by atoms with Crippen LogP contribution in [0.4, 0.5) is 5.69 Å². The molecule has 1 aromatic heterocycles. The van der Waals surface area contributed by atoms with E-state index >= 15 is 0 Å². The third-order valence-corrected chi connectivity index (χ3v) is 6.37. The number of nitrogens with one attached hydrogen (secondary N) is 2. The van der Waals surface area contributed by atoms with Gasteiger partial charge in [-0.25, -0.2) is 0 Å². The number of amides is 2. The lowest BCUT2D eigenvalue weighted by Gasteiger charge is -2.11. The van der Waals surface area contributed by atoms with Crippen LogP contribution in [-0.4, -0.2) is 32.3 Å². The van der Waals surface area contributed by atoms with E-state index < -0.39 is 0 Å². The molecular weight excluding hydrogens is 478 g/mol. The smallest absolute Gasteiger partial charge is 0.252 e. The molecule has 2 N–H and O–H groups in total. The minimum atomic E-state index is -0.194. The first-order valence-corrected chi connectivity index (χ1v) is 11.6. The fourth-order valence-electron chi connectivity index (χ4n) is 3.09. The van der Waals surface area contributed by atoms with E-state index in [9.17, 15) is 9.59 Å². The first-order valence-electron chi connectivity index (χ1n) is 9.84. The van der Waals surface area contributed by atoms with Crippen molar-refractivity contribution in [1.82, 2.24) is 20.1 Å². The van der Waals surface area contributed by atoms with E-state index in [0.29, 0.717) is 23.1 Å². The molecule has 0 radical (unpaired) electrons. The number of aryl methyl sites for hydroxylation is 2. The highest BCUT2D eigenvalue weighted by Crippen LogP contribution is 2.22. The van der Waals surface area contributed by atoms with Crippen molar-refractivity contribution in [2.24, 2.45) is 0 Å². The van der Waals surface area contributed by atoms with E-state index in [2.05, 4.69) is 36.8 Å². The highest BCUT2D eigenvalue weighted by molar-refractivity contribution is 9.10. The number of nitrogens with zero attached hydrogens (tertiary/aromatic N) is 3. The molecular formula is C22H24BrN5O2S. The van der Waals surface area contributed by atoms with Crippen molar-refractivity contribution in [1.29, 1.82) is 0 Å². The number of rotatable bonds is 8. The van der Waals surface area contributed by atoms with Crippen molar-refractivity contribution in [2.45, 2.75) is 39.0 Å². The Morgan fingerprint density at radius 2 is 1.77 bits per heavy atom. The lowest BCUT2D eigenvalue weighted by atomic mass is 10.1. The number of hydrogen-bond donors (Lipinski definition) is 2. The predicted octanol–water partition coefficient (Wildman–Crippen LogP) is 4.34. The number of carbonyl (C=O) groups excluding carboxylic acids is 2. The van der Waals surface area contributed by atoms with Gasteiger partial charge in [-0.2, -0.15) is 0 Å². The number of hydrogen-bond acceptors (Lipinski definition) is 5. The van der Waals surface area contributed by atoms with Crippen LogP contribution in [0, 0.1) is 13.8 Å². The van der Waals surface area contributed by atoms with Crippen molar-refractivity contribution in [3.63, 3.8) is 0 Å². The van der Waals surface area contributed by atoms with E-state index in [4.69, 9.17) is 0 Å². The van der Waals surface area contributed by atoms with Crippen LogP contribution in [0.2, 0.25) is 0 Å². The molecule has 1 heterocycles. The molecule has 0 saturated carbocycles. The van der Waals surface area contributed by atoms with Gasteiger partial charge in [0.1, 0.15) is 0 Å². The first-order chi connectivity index (χ1) is 14.9. The summed E-state index contributed by atoms with van der Waals surface area (Å²) in [4.78, 5) is 24.9. The molecule has 0 bridgehead atoms. The van der Waals surface area contributed by atoms with Crippen LogP contribution in [0.1, 0.15) is 34.2 Å². The average molecular weight is 502 g/mol. The Morgan fingerprint density at radius 3 is 2.45 bits per heavy atom. The second-order valence-corrected chi connectivity index (χ2v) is 8.71. The van der Waals surface area contributed by atoms with Crippen LogP contribution in [0.5, 0.6) is 0 Å². The molecule has 9 heteroatoms. The topological polar surface area (TPSA) is 88.9 Å². The summed E-state index contributed by atoms with van der Waals surface area (Å²) < 4.78 is 2.63. The van der Waals surface area contributed by atoms with E-state index in [1.165, 1.54) is 11.8 Å². The minimum Gasteiger partial charge on any atom is -0.345 e. The summed E-state index contributed by atoms with van der Waals surface area (Å²) >= 11 is 4.71. The van der Waals surface area contributed by atoms with Crippen molar-refractivity contribution >= 4 is 45.2 Å². The zero-order valence-corrected chi connectivity index (χ0v) is 20.0. The predicted molar refractivity (Wildman–Crippen MR) is 126 cm³/mol. The van der Waals surface area contributed by atoms with Crippen LogP contribution in [0.15, 0.2) is 52.1 Å².